The molecule has 0 saturated carbocycles. The molecule has 0 fully saturated rings. The molecule has 28 heavy (non-hydrogen) atoms. The predicted molar refractivity (Wildman–Crippen MR) is 129 cm³/mol. The number of rotatable bonds is 7. The Balaban J connectivity index is 0.00000280. The average molecular weight is 528 g/mol. The Hall–Kier alpha value is -1.71. The summed E-state index contributed by atoms with van der Waals surface area (Å²) in [5, 5.41) is 10.3. The normalized spacial score (nSPS) is 11.0. The van der Waals surface area contributed by atoms with Crippen LogP contribution in [0.3, 0.4) is 0 Å². The van der Waals surface area contributed by atoms with Crippen molar-refractivity contribution in [3.8, 4) is 10.6 Å². The Morgan fingerprint density at radius 3 is 2.50 bits per heavy atom. The third-order valence-electron chi connectivity index (χ3n) is 3.96. The highest BCUT2D eigenvalue weighted by Gasteiger charge is 2.05. The molecule has 8 heteroatoms. The number of pyridine rings is 1. The molecule has 2 aromatic heterocycles. The fourth-order valence-electron chi connectivity index (χ4n) is 2.54. The number of thiazole rings is 1. The number of aliphatic imine (C=N–C) groups is 1. The second-order valence-electron chi connectivity index (χ2n) is 5.92. The van der Waals surface area contributed by atoms with E-state index in [9.17, 15) is 0 Å². The predicted octanol–water partition coefficient (Wildman–Crippen LogP) is 4.43. The lowest BCUT2D eigenvalue weighted by Gasteiger charge is -2.11. The van der Waals surface area contributed by atoms with Crippen LogP contribution >= 0.6 is 46.9 Å². The summed E-state index contributed by atoms with van der Waals surface area (Å²) in [4.78, 5) is 13.1. The average Bonchev–Trinajstić information content (AvgIpc) is 3.18. The number of guanidine groups is 1. The zero-order valence-electron chi connectivity index (χ0n) is 15.6. The van der Waals surface area contributed by atoms with Crippen molar-refractivity contribution in [3.63, 3.8) is 0 Å². The van der Waals surface area contributed by atoms with E-state index in [1.165, 1.54) is 0 Å². The molecule has 148 valence electrons. The summed E-state index contributed by atoms with van der Waals surface area (Å²) >= 11 is 7.48. The molecule has 2 N–H and O–H groups in total. The molecular formula is C20H23ClIN5S. The van der Waals surface area contributed by atoms with Crippen LogP contribution < -0.4 is 10.6 Å². The molecule has 0 radical (unpaired) electrons. The van der Waals surface area contributed by atoms with Crippen LogP contribution in [0.4, 0.5) is 0 Å². The van der Waals surface area contributed by atoms with Gasteiger partial charge in [0.1, 0.15) is 10.2 Å². The van der Waals surface area contributed by atoms with Crippen LogP contribution in [-0.2, 0) is 12.8 Å². The van der Waals surface area contributed by atoms with Gasteiger partial charge in [0.05, 0.1) is 5.69 Å². The van der Waals surface area contributed by atoms with Crippen molar-refractivity contribution in [2.45, 2.75) is 12.8 Å². The maximum absolute atomic E-state index is 5.80. The fourth-order valence-corrected chi connectivity index (χ4v) is 3.52. The van der Waals surface area contributed by atoms with Gasteiger partial charge in [-0.1, -0.05) is 48.0 Å². The van der Waals surface area contributed by atoms with Crippen molar-refractivity contribution >= 4 is 52.9 Å². The lowest BCUT2D eigenvalue weighted by atomic mass is 10.2. The van der Waals surface area contributed by atoms with Gasteiger partial charge in [0.25, 0.3) is 0 Å². The molecule has 0 aliphatic rings. The SMILES string of the molecule is CN=C(NCCc1ccc(Cl)nc1)NCCc1csc(-c2ccccc2)n1.I. The van der Waals surface area contributed by atoms with E-state index in [0.717, 1.165) is 53.7 Å². The highest BCUT2D eigenvalue weighted by atomic mass is 127. The van der Waals surface area contributed by atoms with Crippen molar-refractivity contribution in [2.24, 2.45) is 4.99 Å². The summed E-state index contributed by atoms with van der Waals surface area (Å²) in [6.07, 6.45) is 3.51. The Bertz CT molecular complexity index is 868. The van der Waals surface area contributed by atoms with Crippen LogP contribution in [0.25, 0.3) is 10.6 Å². The van der Waals surface area contributed by atoms with Gasteiger partial charge in [-0.15, -0.1) is 35.3 Å². The molecule has 0 saturated heterocycles. The van der Waals surface area contributed by atoms with Crippen molar-refractivity contribution in [1.82, 2.24) is 20.6 Å². The Labute approximate surface area is 191 Å². The third-order valence-corrected chi connectivity index (χ3v) is 5.13. The molecule has 5 nitrogen and oxygen atoms in total. The molecule has 0 amide bonds. The van der Waals surface area contributed by atoms with E-state index in [1.54, 1.807) is 24.6 Å². The quantitative estimate of drug-likeness (QED) is 0.207. The van der Waals surface area contributed by atoms with Gasteiger partial charge in [-0.25, -0.2) is 9.97 Å². The number of hydrogen-bond donors (Lipinski definition) is 2. The molecule has 0 atom stereocenters. The minimum Gasteiger partial charge on any atom is -0.356 e. The summed E-state index contributed by atoms with van der Waals surface area (Å²) < 4.78 is 0. The molecule has 0 aliphatic carbocycles. The van der Waals surface area contributed by atoms with Crippen LogP contribution in [0.1, 0.15) is 11.3 Å². The first-order valence-corrected chi connectivity index (χ1v) is 10.0. The van der Waals surface area contributed by atoms with Gasteiger partial charge in [-0.2, -0.15) is 0 Å². The number of hydrogen-bond acceptors (Lipinski definition) is 4. The minimum atomic E-state index is 0. The van der Waals surface area contributed by atoms with E-state index in [4.69, 9.17) is 16.6 Å². The number of aromatic nitrogens is 2. The van der Waals surface area contributed by atoms with E-state index in [1.807, 2.05) is 30.3 Å². The molecule has 3 rings (SSSR count). The second kappa shape index (κ2) is 12.0. The van der Waals surface area contributed by atoms with Crippen LogP contribution in [0.15, 0.2) is 59.0 Å². The number of benzene rings is 1. The molecule has 2 heterocycles. The molecule has 0 spiro atoms. The summed E-state index contributed by atoms with van der Waals surface area (Å²) in [6.45, 7) is 1.55. The van der Waals surface area contributed by atoms with Crippen LogP contribution in [0.2, 0.25) is 5.15 Å². The monoisotopic (exact) mass is 527 g/mol. The molecule has 0 aliphatic heterocycles. The highest BCUT2D eigenvalue weighted by molar-refractivity contribution is 14.0. The zero-order valence-corrected chi connectivity index (χ0v) is 19.5. The lowest BCUT2D eigenvalue weighted by molar-refractivity contribution is 0.777. The Morgan fingerprint density at radius 2 is 1.82 bits per heavy atom. The largest absolute Gasteiger partial charge is 0.356 e. The summed E-state index contributed by atoms with van der Waals surface area (Å²) in [6, 6.07) is 14.1. The fraction of sp³-hybridized carbons (Fsp3) is 0.250. The van der Waals surface area contributed by atoms with E-state index in [0.29, 0.717) is 5.15 Å². The van der Waals surface area contributed by atoms with Gasteiger partial charge in [0, 0.05) is 43.7 Å². The maximum atomic E-state index is 5.80. The third kappa shape index (κ3) is 7.03. The van der Waals surface area contributed by atoms with Crippen molar-refractivity contribution in [3.05, 3.63) is 70.5 Å². The van der Waals surface area contributed by atoms with Crippen molar-refractivity contribution < 1.29 is 0 Å². The molecular weight excluding hydrogens is 505 g/mol. The van der Waals surface area contributed by atoms with Gasteiger partial charge in [0.15, 0.2) is 5.96 Å². The van der Waals surface area contributed by atoms with Crippen LogP contribution in [0, 0.1) is 0 Å². The topological polar surface area (TPSA) is 62.2 Å². The Morgan fingerprint density at radius 1 is 1.07 bits per heavy atom. The second-order valence-corrected chi connectivity index (χ2v) is 7.17. The summed E-state index contributed by atoms with van der Waals surface area (Å²) in [7, 11) is 1.77. The summed E-state index contributed by atoms with van der Waals surface area (Å²) in [5.74, 6) is 0.787. The Kier molecular flexibility index (Phi) is 9.66. The maximum Gasteiger partial charge on any atom is 0.190 e. The number of nitrogens with one attached hydrogen (secondary N) is 2. The minimum absolute atomic E-state index is 0. The lowest BCUT2D eigenvalue weighted by Crippen LogP contribution is -2.39. The van der Waals surface area contributed by atoms with Gasteiger partial charge >= 0.3 is 0 Å². The van der Waals surface area contributed by atoms with Gasteiger partial charge in [-0.05, 0) is 18.1 Å². The molecule has 1 aromatic carbocycles. The van der Waals surface area contributed by atoms with E-state index in [2.05, 4.69) is 38.1 Å². The van der Waals surface area contributed by atoms with E-state index >= 15 is 0 Å². The first-order valence-electron chi connectivity index (χ1n) is 8.79. The number of halogens is 2. The smallest absolute Gasteiger partial charge is 0.190 e. The van der Waals surface area contributed by atoms with Gasteiger partial charge < -0.3 is 10.6 Å². The first kappa shape index (κ1) is 22.6. The van der Waals surface area contributed by atoms with E-state index in [-0.39, 0.29) is 24.0 Å². The van der Waals surface area contributed by atoms with Gasteiger partial charge in [0.2, 0.25) is 0 Å². The van der Waals surface area contributed by atoms with Crippen LogP contribution in [0.5, 0.6) is 0 Å². The molecule has 0 unspecified atom stereocenters. The molecule has 3 aromatic rings. The number of nitrogens with zero attached hydrogens (tertiary/aromatic N) is 3. The van der Waals surface area contributed by atoms with E-state index < -0.39 is 0 Å². The summed E-state index contributed by atoms with van der Waals surface area (Å²) in [5.41, 5.74) is 3.39. The van der Waals surface area contributed by atoms with Gasteiger partial charge in [-0.3, -0.25) is 4.99 Å². The van der Waals surface area contributed by atoms with Crippen LogP contribution in [-0.4, -0.2) is 36.1 Å². The first-order chi connectivity index (χ1) is 13.2. The highest BCUT2D eigenvalue weighted by Crippen LogP contribution is 2.23. The molecule has 0 bridgehead atoms. The standard InChI is InChI=1S/C20H22ClN5S.HI/c1-22-20(23-11-9-15-7-8-18(21)25-13-15)24-12-10-17-14-27-19(26-17)16-5-3-2-4-6-16;/h2-8,13-14H,9-12H2,1H3,(H2,22,23,24);1H. The zero-order chi connectivity index (χ0) is 18.9. The van der Waals surface area contributed by atoms with Crippen molar-refractivity contribution in [2.75, 3.05) is 20.1 Å². The van der Waals surface area contributed by atoms with Crippen molar-refractivity contribution in [1.29, 1.82) is 0 Å².